The van der Waals surface area contributed by atoms with E-state index in [2.05, 4.69) is 4.98 Å². The Balaban J connectivity index is 2.54. The van der Waals surface area contributed by atoms with Crippen molar-refractivity contribution in [3.63, 3.8) is 0 Å². The Morgan fingerprint density at radius 3 is 2.53 bits per heavy atom. The molecule has 0 spiro atoms. The zero-order valence-corrected chi connectivity index (χ0v) is 10.8. The van der Waals surface area contributed by atoms with Crippen molar-refractivity contribution < 1.29 is 12.8 Å². The van der Waals surface area contributed by atoms with Gasteiger partial charge in [-0.05, 0) is 32.0 Å². The standard InChI is InChI=1S/C11H10ClNO3S/c1-7-8(2)16-11(13-7)9-4-3-5-10(6-9)17(12,14)15/h3-6H,1-2H3. The smallest absolute Gasteiger partial charge is 0.261 e. The number of aryl methyl sites for hydroxylation is 2. The van der Waals surface area contributed by atoms with Gasteiger partial charge in [0, 0.05) is 16.2 Å². The summed E-state index contributed by atoms with van der Waals surface area (Å²) in [5.74, 6) is 1.10. The first-order valence-electron chi connectivity index (χ1n) is 4.87. The van der Waals surface area contributed by atoms with Gasteiger partial charge in [-0.1, -0.05) is 6.07 Å². The van der Waals surface area contributed by atoms with E-state index in [0.29, 0.717) is 17.2 Å². The molecule has 17 heavy (non-hydrogen) atoms. The molecule has 0 unspecified atom stereocenters. The first-order valence-corrected chi connectivity index (χ1v) is 7.18. The lowest BCUT2D eigenvalue weighted by molar-refractivity contribution is 0.540. The largest absolute Gasteiger partial charge is 0.441 e. The van der Waals surface area contributed by atoms with E-state index < -0.39 is 9.05 Å². The summed E-state index contributed by atoms with van der Waals surface area (Å²) in [5, 5.41) is 0. The van der Waals surface area contributed by atoms with Gasteiger partial charge in [0.1, 0.15) is 5.76 Å². The predicted octanol–water partition coefficient (Wildman–Crippen LogP) is 2.89. The quantitative estimate of drug-likeness (QED) is 0.788. The molecule has 0 saturated carbocycles. The molecule has 0 aliphatic heterocycles. The Morgan fingerprint density at radius 1 is 1.29 bits per heavy atom. The fourth-order valence-electron chi connectivity index (χ4n) is 1.38. The number of nitrogens with zero attached hydrogens (tertiary/aromatic N) is 1. The molecule has 90 valence electrons. The number of halogens is 1. The van der Waals surface area contributed by atoms with Crippen molar-refractivity contribution in [3.05, 3.63) is 35.7 Å². The van der Waals surface area contributed by atoms with Gasteiger partial charge in [-0.3, -0.25) is 0 Å². The summed E-state index contributed by atoms with van der Waals surface area (Å²) in [4.78, 5) is 4.23. The molecule has 0 aliphatic rings. The number of benzene rings is 1. The van der Waals surface area contributed by atoms with Crippen molar-refractivity contribution in [2.75, 3.05) is 0 Å². The van der Waals surface area contributed by atoms with Gasteiger partial charge in [-0.2, -0.15) is 0 Å². The fraction of sp³-hybridized carbons (Fsp3) is 0.182. The first-order chi connectivity index (χ1) is 7.88. The van der Waals surface area contributed by atoms with Crippen LogP contribution in [-0.4, -0.2) is 13.4 Å². The molecule has 1 aromatic heterocycles. The van der Waals surface area contributed by atoms with Gasteiger partial charge in [-0.25, -0.2) is 13.4 Å². The molecule has 0 amide bonds. The fourth-order valence-corrected chi connectivity index (χ4v) is 2.17. The third-order valence-electron chi connectivity index (χ3n) is 2.39. The number of aromatic nitrogens is 1. The second-order valence-electron chi connectivity index (χ2n) is 3.63. The maximum Gasteiger partial charge on any atom is 0.261 e. The van der Waals surface area contributed by atoms with Crippen LogP contribution < -0.4 is 0 Å². The van der Waals surface area contributed by atoms with E-state index in [-0.39, 0.29) is 4.90 Å². The van der Waals surface area contributed by atoms with E-state index >= 15 is 0 Å². The van der Waals surface area contributed by atoms with Gasteiger partial charge in [0.2, 0.25) is 5.89 Å². The molecule has 6 heteroatoms. The molecular formula is C11H10ClNO3S. The number of hydrogen-bond donors (Lipinski definition) is 0. The maximum absolute atomic E-state index is 11.2. The van der Waals surface area contributed by atoms with Crippen LogP contribution in [0.25, 0.3) is 11.5 Å². The summed E-state index contributed by atoms with van der Waals surface area (Å²) < 4.78 is 27.8. The third-order valence-corrected chi connectivity index (χ3v) is 3.74. The van der Waals surface area contributed by atoms with Crippen molar-refractivity contribution in [2.45, 2.75) is 18.7 Å². The highest BCUT2D eigenvalue weighted by molar-refractivity contribution is 8.13. The van der Waals surface area contributed by atoms with Crippen LogP contribution in [0, 0.1) is 13.8 Å². The van der Waals surface area contributed by atoms with E-state index in [4.69, 9.17) is 15.1 Å². The summed E-state index contributed by atoms with van der Waals surface area (Å²) in [6.07, 6.45) is 0. The highest BCUT2D eigenvalue weighted by Crippen LogP contribution is 2.25. The SMILES string of the molecule is Cc1nc(-c2cccc(S(=O)(=O)Cl)c2)oc1C. The van der Waals surface area contributed by atoms with E-state index in [1.54, 1.807) is 19.1 Å². The average molecular weight is 272 g/mol. The summed E-state index contributed by atoms with van der Waals surface area (Å²) in [5.41, 5.74) is 1.36. The van der Waals surface area contributed by atoms with E-state index in [9.17, 15) is 8.42 Å². The molecule has 0 N–H and O–H groups in total. The minimum Gasteiger partial charge on any atom is -0.441 e. The van der Waals surface area contributed by atoms with Crippen molar-refractivity contribution in [3.8, 4) is 11.5 Å². The number of oxazole rings is 1. The second kappa shape index (κ2) is 4.16. The molecule has 0 fully saturated rings. The average Bonchev–Trinajstić information content (AvgIpc) is 2.58. The second-order valence-corrected chi connectivity index (χ2v) is 6.19. The van der Waals surface area contributed by atoms with Crippen LogP contribution in [-0.2, 0) is 9.05 Å². The molecule has 1 aromatic carbocycles. The lowest BCUT2D eigenvalue weighted by Crippen LogP contribution is -1.90. The van der Waals surface area contributed by atoms with Crippen LogP contribution in [0.4, 0.5) is 0 Å². The van der Waals surface area contributed by atoms with Crippen LogP contribution in [0.1, 0.15) is 11.5 Å². The number of hydrogen-bond acceptors (Lipinski definition) is 4. The van der Waals surface area contributed by atoms with Gasteiger partial charge in [0.25, 0.3) is 9.05 Å². The first kappa shape index (κ1) is 12.1. The van der Waals surface area contributed by atoms with Crippen LogP contribution in [0.5, 0.6) is 0 Å². The van der Waals surface area contributed by atoms with Crippen LogP contribution in [0.15, 0.2) is 33.6 Å². The Morgan fingerprint density at radius 2 is 2.00 bits per heavy atom. The molecule has 1 heterocycles. The molecule has 0 radical (unpaired) electrons. The summed E-state index contributed by atoms with van der Waals surface area (Å²) >= 11 is 0. The van der Waals surface area contributed by atoms with Gasteiger partial charge >= 0.3 is 0 Å². The van der Waals surface area contributed by atoms with Gasteiger partial charge in [-0.15, -0.1) is 0 Å². The van der Waals surface area contributed by atoms with Gasteiger partial charge in [0.15, 0.2) is 0 Å². The minimum atomic E-state index is -3.73. The van der Waals surface area contributed by atoms with Crippen molar-refractivity contribution in [2.24, 2.45) is 0 Å². The number of rotatable bonds is 2. The van der Waals surface area contributed by atoms with E-state index in [1.165, 1.54) is 12.1 Å². The molecule has 4 nitrogen and oxygen atoms in total. The lowest BCUT2D eigenvalue weighted by Gasteiger charge is -1.98. The molecule has 0 saturated heterocycles. The van der Waals surface area contributed by atoms with Crippen molar-refractivity contribution >= 4 is 19.7 Å². The summed E-state index contributed by atoms with van der Waals surface area (Å²) in [6, 6.07) is 6.18. The normalized spacial score (nSPS) is 11.7. The lowest BCUT2D eigenvalue weighted by atomic mass is 10.2. The van der Waals surface area contributed by atoms with Crippen LogP contribution in [0.3, 0.4) is 0 Å². The Bertz CT molecular complexity index is 642. The zero-order valence-electron chi connectivity index (χ0n) is 9.27. The summed E-state index contributed by atoms with van der Waals surface area (Å²) in [7, 11) is 1.54. The van der Waals surface area contributed by atoms with Crippen LogP contribution >= 0.6 is 10.7 Å². The maximum atomic E-state index is 11.2. The highest BCUT2D eigenvalue weighted by atomic mass is 35.7. The Hall–Kier alpha value is -1.33. The summed E-state index contributed by atoms with van der Waals surface area (Å²) in [6.45, 7) is 3.62. The van der Waals surface area contributed by atoms with Crippen LogP contribution in [0.2, 0.25) is 0 Å². The van der Waals surface area contributed by atoms with Gasteiger partial charge < -0.3 is 4.42 Å². The highest BCUT2D eigenvalue weighted by Gasteiger charge is 2.13. The molecular weight excluding hydrogens is 262 g/mol. The van der Waals surface area contributed by atoms with E-state index in [0.717, 1.165) is 5.69 Å². The molecule has 0 aliphatic carbocycles. The minimum absolute atomic E-state index is 0.0326. The predicted molar refractivity (Wildman–Crippen MR) is 64.5 cm³/mol. The molecule has 0 atom stereocenters. The monoisotopic (exact) mass is 271 g/mol. The molecule has 2 rings (SSSR count). The molecule has 2 aromatic rings. The van der Waals surface area contributed by atoms with E-state index in [1.807, 2.05) is 6.92 Å². The topological polar surface area (TPSA) is 60.2 Å². The third kappa shape index (κ3) is 2.50. The molecule has 0 bridgehead atoms. The zero-order chi connectivity index (χ0) is 12.6. The Labute approximate surface area is 104 Å². The van der Waals surface area contributed by atoms with Gasteiger partial charge in [0.05, 0.1) is 10.6 Å². The van der Waals surface area contributed by atoms with Crippen molar-refractivity contribution in [1.29, 1.82) is 0 Å². The van der Waals surface area contributed by atoms with Crippen molar-refractivity contribution in [1.82, 2.24) is 4.98 Å². The Kier molecular flexibility index (Phi) is 2.97.